The van der Waals surface area contributed by atoms with E-state index in [1.807, 2.05) is 11.3 Å². The Kier molecular flexibility index (Phi) is 4.28. The number of fused-ring (bicyclic) bond motifs is 3. The van der Waals surface area contributed by atoms with E-state index < -0.39 is 0 Å². The van der Waals surface area contributed by atoms with Crippen LogP contribution in [0.25, 0.3) is 16.1 Å². The molecule has 0 saturated heterocycles. The highest BCUT2D eigenvalue weighted by Crippen LogP contribution is 2.57. The molecule has 0 saturated carbocycles. The molecule has 25 heavy (non-hydrogen) atoms. The van der Waals surface area contributed by atoms with E-state index in [2.05, 4.69) is 73.6 Å². The minimum atomic E-state index is 0.248. The Morgan fingerprint density at radius 1 is 1.32 bits per heavy atom. The van der Waals surface area contributed by atoms with E-state index >= 15 is 0 Å². The van der Waals surface area contributed by atoms with Gasteiger partial charge in [-0.2, -0.15) is 0 Å². The first-order valence-electron chi connectivity index (χ1n) is 9.00. The quantitative estimate of drug-likeness (QED) is 0.476. The van der Waals surface area contributed by atoms with Gasteiger partial charge < -0.3 is 0 Å². The van der Waals surface area contributed by atoms with Crippen LogP contribution in [-0.2, 0) is 6.42 Å². The zero-order valence-electron chi connectivity index (χ0n) is 15.1. The molecular formula is C22H24BrNS. The Hall–Kier alpha value is -1.19. The minimum absolute atomic E-state index is 0.248. The molecule has 1 nitrogen and oxygen atoms in total. The molecule has 0 unspecified atom stereocenters. The highest BCUT2D eigenvalue weighted by atomic mass is 79.9. The summed E-state index contributed by atoms with van der Waals surface area (Å²) in [6.07, 6.45) is 5.91. The number of hydrogen-bond donors (Lipinski definition) is 0. The molecule has 3 heteroatoms. The number of aromatic nitrogens is 1. The van der Waals surface area contributed by atoms with Crippen molar-refractivity contribution < 1.29 is 0 Å². The Morgan fingerprint density at radius 3 is 2.72 bits per heavy atom. The molecule has 1 aromatic heterocycles. The van der Waals surface area contributed by atoms with Gasteiger partial charge in [-0.25, -0.2) is 4.98 Å². The summed E-state index contributed by atoms with van der Waals surface area (Å²) in [6, 6.07) is 8.51. The van der Waals surface area contributed by atoms with Crippen molar-refractivity contribution in [1.29, 1.82) is 0 Å². The molecule has 0 radical (unpaired) electrons. The van der Waals surface area contributed by atoms with Gasteiger partial charge in [-0.3, -0.25) is 0 Å². The van der Waals surface area contributed by atoms with Crippen molar-refractivity contribution in [2.45, 2.75) is 40.0 Å². The van der Waals surface area contributed by atoms with Gasteiger partial charge in [0.05, 0.1) is 10.6 Å². The van der Waals surface area contributed by atoms with Gasteiger partial charge in [0.25, 0.3) is 0 Å². The van der Waals surface area contributed by atoms with Crippen LogP contribution >= 0.6 is 27.3 Å². The van der Waals surface area contributed by atoms with Crippen LogP contribution in [0.15, 0.2) is 47.0 Å². The molecule has 0 amide bonds. The van der Waals surface area contributed by atoms with Crippen LogP contribution in [0.2, 0.25) is 0 Å². The highest BCUT2D eigenvalue weighted by Gasteiger charge is 2.45. The smallest absolute Gasteiger partial charge is 0.124 e. The molecular weight excluding hydrogens is 390 g/mol. The largest absolute Gasteiger partial charge is 0.240 e. The van der Waals surface area contributed by atoms with Crippen molar-refractivity contribution in [3.05, 3.63) is 57.5 Å². The number of thiazole rings is 1. The summed E-state index contributed by atoms with van der Waals surface area (Å²) < 4.78 is 1.11. The van der Waals surface area contributed by atoms with E-state index in [0.717, 1.165) is 22.3 Å². The van der Waals surface area contributed by atoms with Crippen LogP contribution in [0.3, 0.4) is 0 Å². The number of nitrogens with zero attached hydrogens (tertiary/aromatic N) is 1. The van der Waals surface area contributed by atoms with Gasteiger partial charge >= 0.3 is 0 Å². The first-order chi connectivity index (χ1) is 11.9. The second-order valence-corrected chi connectivity index (χ2v) is 9.84. The van der Waals surface area contributed by atoms with Gasteiger partial charge in [0, 0.05) is 10.0 Å². The number of benzene rings is 1. The first-order valence-corrected chi connectivity index (χ1v) is 10.6. The van der Waals surface area contributed by atoms with Crippen LogP contribution < -0.4 is 0 Å². The lowest BCUT2D eigenvalue weighted by Gasteiger charge is -2.46. The normalized spacial score (nSPS) is 28.1. The van der Waals surface area contributed by atoms with Crippen LogP contribution in [0, 0.1) is 17.3 Å². The lowest BCUT2D eigenvalue weighted by molar-refractivity contribution is 0.217. The predicted octanol–water partition coefficient (Wildman–Crippen LogP) is 7.14. The van der Waals surface area contributed by atoms with Crippen molar-refractivity contribution in [1.82, 2.24) is 4.98 Å². The van der Waals surface area contributed by atoms with Crippen molar-refractivity contribution in [3.63, 3.8) is 0 Å². The topological polar surface area (TPSA) is 12.9 Å². The molecule has 0 bridgehead atoms. The zero-order valence-corrected chi connectivity index (χ0v) is 17.5. The highest BCUT2D eigenvalue weighted by molar-refractivity contribution is 9.10. The molecule has 1 aromatic carbocycles. The van der Waals surface area contributed by atoms with Gasteiger partial charge in [-0.15, -0.1) is 11.3 Å². The Labute approximate surface area is 163 Å². The molecule has 1 heterocycles. The molecule has 130 valence electrons. The van der Waals surface area contributed by atoms with Crippen molar-refractivity contribution in [2.75, 3.05) is 0 Å². The fourth-order valence-electron chi connectivity index (χ4n) is 4.32. The Morgan fingerprint density at radius 2 is 2.04 bits per heavy atom. The molecule has 0 spiro atoms. The number of hydrogen-bond acceptors (Lipinski definition) is 2. The van der Waals surface area contributed by atoms with E-state index in [1.54, 1.807) is 5.57 Å². The molecule has 0 fully saturated rings. The number of halogens is 1. The maximum Gasteiger partial charge on any atom is 0.124 e. The third kappa shape index (κ3) is 2.86. The maximum atomic E-state index is 5.02. The number of rotatable bonds is 2. The predicted molar refractivity (Wildman–Crippen MR) is 112 cm³/mol. The maximum absolute atomic E-state index is 5.02. The summed E-state index contributed by atoms with van der Waals surface area (Å²) in [6.45, 7) is 11.3. The first kappa shape index (κ1) is 17.2. The summed E-state index contributed by atoms with van der Waals surface area (Å²) >= 11 is 5.39. The zero-order chi connectivity index (χ0) is 17.8. The van der Waals surface area contributed by atoms with Gasteiger partial charge in [0.2, 0.25) is 0 Å². The Balaban J connectivity index is 1.78. The van der Waals surface area contributed by atoms with Gasteiger partial charge in [-0.1, -0.05) is 60.1 Å². The molecule has 2 aliphatic carbocycles. The van der Waals surface area contributed by atoms with E-state index in [0.29, 0.717) is 11.8 Å². The average Bonchev–Trinajstić information content (AvgIpc) is 2.99. The van der Waals surface area contributed by atoms with E-state index in [-0.39, 0.29) is 5.41 Å². The second-order valence-electron chi connectivity index (χ2n) is 7.93. The van der Waals surface area contributed by atoms with E-state index in [1.165, 1.54) is 28.1 Å². The van der Waals surface area contributed by atoms with Crippen LogP contribution in [0.1, 0.15) is 44.2 Å². The van der Waals surface area contributed by atoms with Gasteiger partial charge in [0.15, 0.2) is 0 Å². The molecule has 0 N–H and O–H groups in total. The van der Waals surface area contributed by atoms with Crippen molar-refractivity contribution in [2.24, 2.45) is 17.3 Å². The number of allylic oxidation sites excluding steroid dienone is 3. The summed E-state index contributed by atoms with van der Waals surface area (Å²) in [4.78, 5) is 6.45. The van der Waals surface area contributed by atoms with Gasteiger partial charge in [0.1, 0.15) is 5.01 Å². The molecule has 0 aliphatic heterocycles. The lowest BCUT2D eigenvalue weighted by Crippen LogP contribution is -2.36. The second kappa shape index (κ2) is 6.21. The Bertz CT molecular complexity index is 861. The minimum Gasteiger partial charge on any atom is -0.240 e. The lowest BCUT2D eigenvalue weighted by atomic mass is 9.59. The monoisotopic (exact) mass is 413 g/mol. The standard InChI is InChI=1S/C22H24BrNS/c1-13(2)16-7-10-18-20-19(11-14(3)22(18,4)12-16)24-21(25-20)15-5-8-17(23)9-6-15/h5-6,8-10,14,16H,1,7,11-12H2,2-4H3/t14-,16-,22+/m1/s1. The molecule has 4 rings (SSSR count). The third-order valence-electron chi connectivity index (χ3n) is 6.21. The summed E-state index contributed by atoms with van der Waals surface area (Å²) in [5.41, 5.74) is 5.63. The van der Waals surface area contributed by atoms with Crippen molar-refractivity contribution >= 4 is 32.8 Å². The molecule has 2 aromatic rings. The van der Waals surface area contributed by atoms with Crippen LogP contribution in [0.4, 0.5) is 0 Å². The van der Waals surface area contributed by atoms with Crippen molar-refractivity contribution in [3.8, 4) is 10.6 Å². The average molecular weight is 414 g/mol. The van der Waals surface area contributed by atoms with E-state index in [9.17, 15) is 0 Å². The summed E-state index contributed by atoms with van der Waals surface area (Å²) in [5.74, 6) is 1.24. The van der Waals surface area contributed by atoms with Crippen LogP contribution in [0.5, 0.6) is 0 Å². The van der Waals surface area contributed by atoms with E-state index in [4.69, 9.17) is 4.98 Å². The summed E-state index contributed by atoms with van der Waals surface area (Å²) in [5, 5.41) is 1.15. The SMILES string of the molecule is C=C(C)[C@@H]1CC=C2c3sc(-c4ccc(Br)cc4)nc3C[C@@H](C)[C@]2(C)C1. The third-order valence-corrected chi connectivity index (χ3v) is 7.92. The fourth-order valence-corrected chi connectivity index (χ4v) is 5.86. The van der Waals surface area contributed by atoms with Gasteiger partial charge in [-0.05, 0) is 61.1 Å². The molecule has 3 atom stereocenters. The summed E-state index contributed by atoms with van der Waals surface area (Å²) in [7, 11) is 0. The fraction of sp³-hybridized carbons (Fsp3) is 0.409. The van der Waals surface area contributed by atoms with Crippen LogP contribution in [-0.4, -0.2) is 4.98 Å². The molecule has 2 aliphatic rings.